The van der Waals surface area contributed by atoms with E-state index >= 15 is 0 Å². The van der Waals surface area contributed by atoms with E-state index < -0.39 is 0 Å². The van der Waals surface area contributed by atoms with Gasteiger partial charge in [-0.2, -0.15) is 5.10 Å². The molecule has 1 N–H and O–H groups in total. The third-order valence-corrected chi connectivity index (χ3v) is 3.15. The van der Waals surface area contributed by atoms with Crippen LogP contribution in [-0.2, 0) is 11.3 Å². The number of aromatic nitrogens is 2. The first-order valence-corrected chi connectivity index (χ1v) is 7.06. The van der Waals surface area contributed by atoms with E-state index in [4.69, 9.17) is 4.74 Å². The summed E-state index contributed by atoms with van der Waals surface area (Å²) in [6.07, 6.45) is 1.73. The first kappa shape index (κ1) is 16.7. The molecular weight excluding hydrogens is 256 g/mol. The molecule has 114 valence electrons. The van der Waals surface area contributed by atoms with Crippen molar-refractivity contribution in [3.63, 3.8) is 0 Å². The van der Waals surface area contributed by atoms with Crippen LogP contribution in [0.15, 0.2) is 17.1 Å². The highest BCUT2D eigenvalue weighted by Gasteiger charge is 2.08. The summed E-state index contributed by atoms with van der Waals surface area (Å²) in [6.45, 7) is 8.00. The van der Waals surface area contributed by atoms with E-state index in [1.165, 1.54) is 4.68 Å². The second-order valence-electron chi connectivity index (χ2n) is 5.06. The van der Waals surface area contributed by atoms with Gasteiger partial charge in [0.2, 0.25) is 0 Å². The highest BCUT2D eigenvalue weighted by molar-refractivity contribution is 5.41. The molecule has 0 aliphatic rings. The molecule has 0 saturated carbocycles. The van der Waals surface area contributed by atoms with Crippen LogP contribution >= 0.6 is 0 Å². The molecule has 0 aromatic carbocycles. The lowest BCUT2D eigenvalue weighted by atomic mass is 10.2. The average molecular weight is 282 g/mol. The van der Waals surface area contributed by atoms with E-state index in [0.717, 1.165) is 25.3 Å². The molecule has 1 unspecified atom stereocenters. The maximum absolute atomic E-state index is 12.0. The lowest BCUT2D eigenvalue weighted by Gasteiger charge is -2.19. The molecule has 1 aromatic rings. The first-order chi connectivity index (χ1) is 9.58. The first-order valence-electron chi connectivity index (χ1n) is 7.06. The van der Waals surface area contributed by atoms with E-state index in [-0.39, 0.29) is 5.56 Å². The van der Waals surface area contributed by atoms with Crippen molar-refractivity contribution in [1.82, 2.24) is 15.1 Å². The summed E-state index contributed by atoms with van der Waals surface area (Å²) >= 11 is 0. The zero-order chi connectivity index (χ0) is 15.0. The van der Waals surface area contributed by atoms with Gasteiger partial charge in [0.25, 0.3) is 5.56 Å². The second-order valence-corrected chi connectivity index (χ2v) is 5.06. The smallest absolute Gasteiger partial charge is 0.268 e. The lowest BCUT2D eigenvalue weighted by molar-refractivity contribution is 0.206. The predicted octanol–water partition coefficient (Wildman–Crippen LogP) is 0.572. The molecule has 6 nitrogen and oxygen atoms in total. The Bertz CT molecular complexity index is 447. The molecule has 20 heavy (non-hydrogen) atoms. The number of likely N-dealkylation sites (N-methyl/N-ethyl adjacent to an activating group) is 1. The van der Waals surface area contributed by atoms with Crippen molar-refractivity contribution < 1.29 is 4.74 Å². The molecule has 1 atom stereocenters. The van der Waals surface area contributed by atoms with Crippen molar-refractivity contribution in [2.45, 2.75) is 20.4 Å². The van der Waals surface area contributed by atoms with Gasteiger partial charge in [-0.05, 0) is 19.0 Å². The topological polar surface area (TPSA) is 59.4 Å². The van der Waals surface area contributed by atoms with E-state index in [2.05, 4.69) is 24.3 Å². The largest absolute Gasteiger partial charge is 0.383 e. The number of ether oxygens (including phenoxy) is 1. The van der Waals surface area contributed by atoms with Gasteiger partial charge in [-0.3, -0.25) is 4.79 Å². The number of hydrogen-bond acceptors (Lipinski definition) is 5. The third-order valence-electron chi connectivity index (χ3n) is 3.15. The highest BCUT2D eigenvalue weighted by Crippen LogP contribution is 2.06. The minimum Gasteiger partial charge on any atom is -0.383 e. The molecule has 0 fully saturated rings. The van der Waals surface area contributed by atoms with Gasteiger partial charge in [-0.15, -0.1) is 0 Å². The fourth-order valence-corrected chi connectivity index (χ4v) is 1.88. The van der Waals surface area contributed by atoms with Gasteiger partial charge in [0.1, 0.15) is 0 Å². The Morgan fingerprint density at radius 2 is 2.30 bits per heavy atom. The van der Waals surface area contributed by atoms with Gasteiger partial charge in [-0.25, -0.2) is 4.68 Å². The molecule has 0 saturated heterocycles. The van der Waals surface area contributed by atoms with Crippen molar-refractivity contribution in [1.29, 1.82) is 0 Å². The minimum atomic E-state index is -0.0601. The third kappa shape index (κ3) is 5.30. The summed E-state index contributed by atoms with van der Waals surface area (Å²) in [6, 6.07) is 1.63. The normalized spacial score (nSPS) is 12.4. The molecule has 0 aliphatic carbocycles. The van der Waals surface area contributed by atoms with Gasteiger partial charge in [0, 0.05) is 33.3 Å². The number of hydrogen-bond donors (Lipinski definition) is 1. The van der Waals surface area contributed by atoms with Crippen molar-refractivity contribution in [2.75, 3.05) is 45.3 Å². The van der Waals surface area contributed by atoms with Crippen LogP contribution in [0.25, 0.3) is 0 Å². The number of nitrogens with one attached hydrogen (secondary N) is 1. The van der Waals surface area contributed by atoms with E-state index in [1.807, 2.05) is 11.9 Å². The Morgan fingerprint density at radius 3 is 2.90 bits per heavy atom. The van der Waals surface area contributed by atoms with Crippen LogP contribution < -0.4 is 15.8 Å². The van der Waals surface area contributed by atoms with Gasteiger partial charge in [-0.1, -0.05) is 13.8 Å². The minimum absolute atomic E-state index is 0.0601. The summed E-state index contributed by atoms with van der Waals surface area (Å²) in [7, 11) is 3.59. The summed E-state index contributed by atoms with van der Waals surface area (Å²) in [5, 5.41) is 7.52. The Hall–Kier alpha value is -1.40. The number of methoxy groups -OCH3 is 1. The SMILES string of the molecule is CCNCC(C)Cn1ncc(N(C)CCOC)cc1=O. The lowest BCUT2D eigenvalue weighted by Crippen LogP contribution is -2.31. The fourth-order valence-electron chi connectivity index (χ4n) is 1.88. The number of anilines is 1. The van der Waals surface area contributed by atoms with Gasteiger partial charge >= 0.3 is 0 Å². The molecule has 1 heterocycles. The molecule has 1 aromatic heterocycles. The Labute approximate surface area is 120 Å². The van der Waals surface area contributed by atoms with E-state index in [1.54, 1.807) is 19.4 Å². The van der Waals surface area contributed by atoms with E-state index in [9.17, 15) is 4.79 Å². The van der Waals surface area contributed by atoms with Crippen LogP contribution in [-0.4, -0.2) is 50.2 Å². The van der Waals surface area contributed by atoms with E-state index in [0.29, 0.717) is 19.1 Å². The molecule has 0 bridgehead atoms. The molecule has 6 heteroatoms. The maximum Gasteiger partial charge on any atom is 0.268 e. The zero-order valence-corrected chi connectivity index (χ0v) is 12.9. The van der Waals surface area contributed by atoms with Crippen LogP contribution in [0.5, 0.6) is 0 Å². The second kappa shape index (κ2) is 8.71. The molecule has 0 amide bonds. The molecule has 0 radical (unpaired) electrons. The molecule has 1 rings (SSSR count). The quantitative estimate of drug-likeness (QED) is 0.717. The standard InChI is InChI=1S/C14H26N4O2/c1-5-15-9-12(2)11-18-14(19)8-13(10-16-18)17(3)6-7-20-4/h8,10,12,15H,5-7,9,11H2,1-4H3. The summed E-state index contributed by atoms with van der Waals surface area (Å²) in [5.74, 6) is 0.372. The predicted molar refractivity (Wildman–Crippen MR) is 81.4 cm³/mol. The Morgan fingerprint density at radius 1 is 1.55 bits per heavy atom. The molecular formula is C14H26N4O2. The van der Waals surface area contributed by atoms with Gasteiger partial charge < -0.3 is 15.0 Å². The maximum atomic E-state index is 12.0. The Balaban J connectivity index is 2.65. The zero-order valence-electron chi connectivity index (χ0n) is 12.9. The van der Waals surface area contributed by atoms with Gasteiger partial charge in [0.15, 0.2) is 0 Å². The average Bonchev–Trinajstić information content (AvgIpc) is 2.44. The number of nitrogens with zero attached hydrogens (tertiary/aromatic N) is 3. The molecule has 0 spiro atoms. The monoisotopic (exact) mass is 282 g/mol. The van der Waals surface area contributed by atoms with Crippen molar-refractivity contribution in [3.8, 4) is 0 Å². The summed E-state index contributed by atoms with van der Waals surface area (Å²) < 4.78 is 6.55. The van der Waals surface area contributed by atoms with Gasteiger partial charge in [0.05, 0.1) is 18.5 Å². The van der Waals surface area contributed by atoms with Crippen LogP contribution in [0.3, 0.4) is 0 Å². The molecule has 0 aliphatic heterocycles. The fraction of sp³-hybridized carbons (Fsp3) is 0.714. The number of rotatable bonds is 9. The highest BCUT2D eigenvalue weighted by atomic mass is 16.5. The van der Waals surface area contributed by atoms with Crippen LogP contribution in [0.4, 0.5) is 5.69 Å². The van der Waals surface area contributed by atoms with Crippen LogP contribution in [0, 0.1) is 5.92 Å². The Kier molecular flexibility index (Phi) is 7.25. The summed E-state index contributed by atoms with van der Waals surface area (Å²) in [5.41, 5.74) is 0.762. The van der Waals surface area contributed by atoms with Crippen LogP contribution in [0.1, 0.15) is 13.8 Å². The van der Waals surface area contributed by atoms with Crippen molar-refractivity contribution >= 4 is 5.69 Å². The van der Waals surface area contributed by atoms with Crippen molar-refractivity contribution in [2.24, 2.45) is 5.92 Å². The summed E-state index contributed by atoms with van der Waals surface area (Å²) in [4.78, 5) is 14.0. The van der Waals surface area contributed by atoms with Crippen LogP contribution in [0.2, 0.25) is 0 Å². The van der Waals surface area contributed by atoms with Crippen molar-refractivity contribution in [3.05, 3.63) is 22.6 Å².